The normalized spacial score (nSPS) is 16.2. The molecule has 5 heteroatoms. The third-order valence-corrected chi connectivity index (χ3v) is 4.03. The topological polar surface area (TPSA) is 77.4 Å². The number of nitrogens with zero attached hydrogens (tertiary/aromatic N) is 1. The molecule has 0 bridgehead atoms. The first-order valence-electron chi connectivity index (χ1n) is 8.61. The lowest BCUT2D eigenvalue weighted by atomic mass is 9.87. The Labute approximate surface area is 141 Å². The molecule has 0 saturated heterocycles. The van der Waals surface area contributed by atoms with E-state index >= 15 is 0 Å². The van der Waals surface area contributed by atoms with Gasteiger partial charge in [-0.1, -0.05) is 40.0 Å². The molecule has 0 aromatic heterocycles. The average Bonchev–Trinajstić information content (AvgIpc) is 2.31. The molecule has 0 heterocycles. The number of carboxylic acid groups (broad SMARTS) is 1. The van der Waals surface area contributed by atoms with E-state index in [0.717, 1.165) is 12.8 Å². The Kier molecular flexibility index (Phi) is 9.00. The van der Waals surface area contributed by atoms with Gasteiger partial charge >= 0.3 is 0 Å². The largest absolute Gasteiger partial charge is 0.550 e. The quantitative estimate of drug-likeness (QED) is 0.549. The number of likely N-dealkylation sites (N-methyl/N-ethyl adjacent to an activating group) is 1. The van der Waals surface area contributed by atoms with Gasteiger partial charge < -0.3 is 19.5 Å². The summed E-state index contributed by atoms with van der Waals surface area (Å²) in [6, 6.07) is 0. The van der Waals surface area contributed by atoms with Crippen LogP contribution in [0.25, 0.3) is 0 Å². The second kappa shape index (κ2) is 9.38. The van der Waals surface area contributed by atoms with Crippen molar-refractivity contribution >= 4 is 11.8 Å². The summed E-state index contributed by atoms with van der Waals surface area (Å²) in [6.45, 7) is 6.56. The maximum absolute atomic E-state index is 12.4. The van der Waals surface area contributed by atoms with Crippen molar-refractivity contribution in [3.63, 3.8) is 0 Å². The summed E-state index contributed by atoms with van der Waals surface area (Å²) in [5, 5.41) is 21.5. The molecule has 1 N–H and O–H groups in total. The van der Waals surface area contributed by atoms with Gasteiger partial charge in [0.25, 0.3) is 0 Å². The highest BCUT2D eigenvalue weighted by molar-refractivity contribution is 5.90. The molecule has 0 aromatic carbocycles. The number of rotatable bonds is 12. The molecule has 0 radical (unpaired) electrons. The van der Waals surface area contributed by atoms with Crippen LogP contribution >= 0.6 is 0 Å². The first-order chi connectivity index (χ1) is 10.4. The molecule has 0 saturated carbocycles. The van der Waals surface area contributed by atoms with Crippen LogP contribution in [0.3, 0.4) is 0 Å². The first-order valence-corrected chi connectivity index (χ1v) is 8.61. The SMILES string of the molecule is CC(C)CCCC(C)CCC(=O)[C@@](O)(CC(=O)[O-])C[N+](C)(C)C. The van der Waals surface area contributed by atoms with Gasteiger partial charge in [0, 0.05) is 18.8 Å². The average molecular weight is 329 g/mol. The van der Waals surface area contributed by atoms with Gasteiger partial charge in [0.2, 0.25) is 0 Å². The lowest BCUT2D eigenvalue weighted by Gasteiger charge is -2.35. The summed E-state index contributed by atoms with van der Waals surface area (Å²) >= 11 is 0. The van der Waals surface area contributed by atoms with Crippen molar-refractivity contribution in [2.45, 2.75) is 64.9 Å². The van der Waals surface area contributed by atoms with Crippen molar-refractivity contribution in [3.05, 3.63) is 0 Å². The maximum Gasteiger partial charge on any atom is 0.177 e. The number of ketones is 1. The fourth-order valence-corrected chi connectivity index (χ4v) is 2.90. The molecule has 0 aliphatic carbocycles. The third kappa shape index (κ3) is 10.4. The van der Waals surface area contributed by atoms with Gasteiger partial charge in [-0.2, -0.15) is 0 Å². The first kappa shape index (κ1) is 22.1. The van der Waals surface area contributed by atoms with Crippen LogP contribution in [0.2, 0.25) is 0 Å². The van der Waals surface area contributed by atoms with Crippen LogP contribution in [0.15, 0.2) is 0 Å². The van der Waals surface area contributed by atoms with Crippen molar-refractivity contribution in [1.29, 1.82) is 0 Å². The van der Waals surface area contributed by atoms with E-state index < -0.39 is 18.0 Å². The van der Waals surface area contributed by atoms with Crippen LogP contribution in [0.5, 0.6) is 0 Å². The number of Topliss-reactive ketones (excluding diaryl/α,β-unsaturated/α-hetero) is 1. The molecular weight excluding hydrogens is 294 g/mol. The molecular formula is C18H35NO4. The summed E-state index contributed by atoms with van der Waals surface area (Å²) in [7, 11) is 5.46. The van der Waals surface area contributed by atoms with Crippen molar-refractivity contribution in [3.8, 4) is 0 Å². The van der Waals surface area contributed by atoms with E-state index in [2.05, 4.69) is 20.8 Å². The maximum atomic E-state index is 12.4. The Bertz CT molecular complexity index is 387. The minimum Gasteiger partial charge on any atom is -0.550 e. The summed E-state index contributed by atoms with van der Waals surface area (Å²) in [6.07, 6.45) is 3.63. The number of aliphatic carboxylic acids is 1. The van der Waals surface area contributed by atoms with Gasteiger partial charge in [-0.15, -0.1) is 0 Å². The van der Waals surface area contributed by atoms with Crippen molar-refractivity contribution in [2.24, 2.45) is 11.8 Å². The van der Waals surface area contributed by atoms with E-state index in [1.165, 1.54) is 6.42 Å². The zero-order valence-electron chi connectivity index (χ0n) is 15.7. The number of hydrogen-bond donors (Lipinski definition) is 1. The lowest BCUT2D eigenvalue weighted by Crippen LogP contribution is -2.56. The number of hydrogen-bond acceptors (Lipinski definition) is 4. The smallest absolute Gasteiger partial charge is 0.177 e. The van der Waals surface area contributed by atoms with Crippen LogP contribution < -0.4 is 5.11 Å². The third-order valence-electron chi connectivity index (χ3n) is 4.03. The van der Waals surface area contributed by atoms with Crippen molar-refractivity contribution in [1.82, 2.24) is 0 Å². The van der Waals surface area contributed by atoms with E-state index in [9.17, 15) is 19.8 Å². The Morgan fingerprint density at radius 3 is 2.09 bits per heavy atom. The number of carbonyl (C=O) groups excluding carboxylic acids is 2. The monoisotopic (exact) mass is 329 g/mol. The standard InChI is InChI=1S/C18H35NO4/c1-14(2)8-7-9-15(3)10-11-16(20)18(23,12-17(21)22)13-19(4,5)6/h14-15,23H,7-13H2,1-6H3/t15?,18-/m1/s1. The number of carboxylic acids is 1. The van der Waals surface area contributed by atoms with E-state index in [4.69, 9.17) is 0 Å². The van der Waals surface area contributed by atoms with Crippen LogP contribution in [0.1, 0.15) is 59.3 Å². The van der Waals surface area contributed by atoms with Crippen molar-refractivity contribution in [2.75, 3.05) is 27.7 Å². The van der Waals surface area contributed by atoms with E-state index in [-0.39, 0.29) is 18.7 Å². The van der Waals surface area contributed by atoms with Crippen LogP contribution in [0.4, 0.5) is 0 Å². The molecule has 23 heavy (non-hydrogen) atoms. The molecule has 0 fully saturated rings. The molecule has 1 unspecified atom stereocenters. The summed E-state index contributed by atoms with van der Waals surface area (Å²) in [4.78, 5) is 23.3. The number of aliphatic hydroxyl groups is 1. The van der Waals surface area contributed by atoms with Crippen LogP contribution in [-0.4, -0.2) is 54.6 Å². The summed E-state index contributed by atoms with van der Waals surface area (Å²) < 4.78 is 0.319. The molecule has 2 atom stereocenters. The highest BCUT2D eigenvalue weighted by Crippen LogP contribution is 2.22. The molecule has 0 aromatic rings. The minimum absolute atomic E-state index is 0.0710. The van der Waals surface area contributed by atoms with Gasteiger partial charge in [-0.05, 0) is 18.3 Å². The Balaban J connectivity index is 4.57. The van der Waals surface area contributed by atoms with E-state index in [0.29, 0.717) is 22.7 Å². The molecule has 0 rings (SSSR count). The van der Waals surface area contributed by atoms with Gasteiger partial charge in [-0.3, -0.25) is 4.79 Å². The Morgan fingerprint density at radius 1 is 1.09 bits per heavy atom. The van der Waals surface area contributed by atoms with Gasteiger partial charge in [0.15, 0.2) is 11.4 Å². The number of carbonyl (C=O) groups is 2. The summed E-state index contributed by atoms with van der Waals surface area (Å²) in [5.74, 6) is -0.694. The minimum atomic E-state index is -1.84. The van der Waals surface area contributed by atoms with Crippen molar-refractivity contribution < 1.29 is 24.3 Å². The second-order valence-electron chi connectivity index (χ2n) is 8.42. The molecule has 5 nitrogen and oxygen atoms in total. The highest BCUT2D eigenvalue weighted by atomic mass is 16.4. The molecule has 0 aliphatic rings. The fraction of sp³-hybridized carbons (Fsp3) is 0.889. The fourth-order valence-electron chi connectivity index (χ4n) is 2.90. The molecule has 0 aliphatic heterocycles. The summed E-state index contributed by atoms with van der Waals surface area (Å²) in [5.41, 5.74) is -1.84. The van der Waals surface area contributed by atoms with Gasteiger partial charge in [-0.25, -0.2) is 0 Å². The molecule has 136 valence electrons. The molecule has 0 amide bonds. The second-order valence-corrected chi connectivity index (χ2v) is 8.42. The predicted octanol–water partition coefficient (Wildman–Crippen LogP) is 1.38. The highest BCUT2D eigenvalue weighted by Gasteiger charge is 2.40. The predicted molar refractivity (Wildman–Crippen MR) is 89.6 cm³/mol. The Hall–Kier alpha value is -0.940. The van der Waals surface area contributed by atoms with Gasteiger partial charge in [0.05, 0.1) is 21.1 Å². The van der Waals surface area contributed by atoms with Crippen LogP contribution in [-0.2, 0) is 9.59 Å². The molecule has 0 spiro atoms. The van der Waals surface area contributed by atoms with E-state index in [1.54, 1.807) is 0 Å². The van der Waals surface area contributed by atoms with Crippen LogP contribution in [0, 0.1) is 11.8 Å². The van der Waals surface area contributed by atoms with E-state index in [1.807, 2.05) is 21.1 Å². The zero-order chi connectivity index (χ0) is 18.3. The lowest BCUT2D eigenvalue weighted by molar-refractivity contribution is -0.875. The number of quaternary nitrogens is 1. The zero-order valence-corrected chi connectivity index (χ0v) is 15.7. The van der Waals surface area contributed by atoms with Gasteiger partial charge in [0.1, 0.15) is 6.54 Å². The Morgan fingerprint density at radius 2 is 1.65 bits per heavy atom.